The largest absolute Gasteiger partial charge is 0.381 e. The number of nitrogens with one attached hydrogen (secondary N) is 1. The number of halogens is 1. The highest BCUT2D eigenvalue weighted by Gasteiger charge is 2.22. The summed E-state index contributed by atoms with van der Waals surface area (Å²) in [7, 11) is 0. The maximum atomic E-state index is 13.2. The summed E-state index contributed by atoms with van der Waals surface area (Å²) in [4.78, 5) is 0. The Morgan fingerprint density at radius 2 is 2.32 bits per heavy atom. The van der Waals surface area contributed by atoms with Gasteiger partial charge in [-0.3, -0.25) is 0 Å². The summed E-state index contributed by atoms with van der Waals surface area (Å²) >= 11 is 0. The Balaban J connectivity index is 2.10. The molecule has 1 aliphatic heterocycles. The van der Waals surface area contributed by atoms with Crippen LogP contribution in [0.25, 0.3) is 0 Å². The molecular weight excluding hydrogens is 241 g/mol. The first-order valence-electron chi connectivity index (χ1n) is 7.28. The zero-order valence-electron chi connectivity index (χ0n) is 11.9. The van der Waals surface area contributed by atoms with Crippen molar-refractivity contribution in [3.63, 3.8) is 0 Å². The van der Waals surface area contributed by atoms with Crippen molar-refractivity contribution >= 4 is 0 Å². The van der Waals surface area contributed by atoms with Gasteiger partial charge in [0, 0.05) is 19.3 Å². The van der Waals surface area contributed by atoms with Crippen molar-refractivity contribution in [1.29, 1.82) is 0 Å². The van der Waals surface area contributed by atoms with E-state index in [1.165, 1.54) is 5.56 Å². The van der Waals surface area contributed by atoms with Crippen molar-refractivity contribution in [2.75, 3.05) is 19.8 Å². The zero-order valence-corrected chi connectivity index (χ0v) is 11.9. The highest BCUT2D eigenvalue weighted by Crippen LogP contribution is 2.28. The molecule has 0 aromatic heterocycles. The average molecular weight is 265 g/mol. The molecule has 1 aromatic rings. The number of benzene rings is 1. The lowest BCUT2D eigenvalue weighted by Gasteiger charge is -2.23. The fraction of sp³-hybridized carbons (Fsp3) is 0.625. The molecule has 0 aliphatic carbocycles. The molecule has 0 spiro atoms. The van der Waals surface area contributed by atoms with Gasteiger partial charge in [0.15, 0.2) is 0 Å². The molecule has 1 saturated heterocycles. The van der Waals surface area contributed by atoms with E-state index < -0.39 is 0 Å². The smallest absolute Gasteiger partial charge is 0.123 e. The Bertz CT molecular complexity index is 402. The third-order valence-electron chi connectivity index (χ3n) is 3.84. The summed E-state index contributed by atoms with van der Waals surface area (Å²) in [5.41, 5.74) is 2.26. The Morgan fingerprint density at radius 1 is 1.47 bits per heavy atom. The van der Waals surface area contributed by atoms with E-state index in [0.29, 0.717) is 12.0 Å². The van der Waals surface area contributed by atoms with Crippen LogP contribution in [0.2, 0.25) is 0 Å². The Hall–Kier alpha value is -0.930. The molecule has 0 radical (unpaired) electrons. The van der Waals surface area contributed by atoms with Crippen LogP contribution in [0, 0.1) is 18.7 Å². The van der Waals surface area contributed by atoms with Crippen molar-refractivity contribution in [2.24, 2.45) is 5.92 Å². The molecule has 2 nitrogen and oxygen atoms in total. The fourth-order valence-corrected chi connectivity index (χ4v) is 2.77. The number of hydrogen-bond acceptors (Lipinski definition) is 2. The first-order chi connectivity index (χ1) is 9.20. The van der Waals surface area contributed by atoms with Crippen LogP contribution in [0.1, 0.15) is 43.4 Å². The summed E-state index contributed by atoms with van der Waals surface area (Å²) < 4.78 is 18.7. The van der Waals surface area contributed by atoms with Crippen molar-refractivity contribution in [3.05, 3.63) is 35.1 Å². The van der Waals surface area contributed by atoms with E-state index in [0.717, 1.165) is 44.6 Å². The molecular formula is C16H24FNO. The molecule has 1 fully saturated rings. The summed E-state index contributed by atoms with van der Waals surface area (Å²) in [6.07, 6.45) is 3.33. The normalized spacial score (nSPS) is 20.7. The summed E-state index contributed by atoms with van der Waals surface area (Å²) in [6, 6.07) is 5.43. The van der Waals surface area contributed by atoms with E-state index in [4.69, 9.17) is 4.74 Å². The third kappa shape index (κ3) is 4.02. The lowest BCUT2D eigenvalue weighted by atomic mass is 9.91. The third-order valence-corrected chi connectivity index (χ3v) is 3.84. The second kappa shape index (κ2) is 7.01. The average Bonchev–Trinajstić information content (AvgIpc) is 2.88. The van der Waals surface area contributed by atoms with Gasteiger partial charge in [-0.05, 0) is 61.9 Å². The number of ether oxygens (including phenoxy) is 1. The van der Waals surface area contributed by atoms with Crippen LogP contribution in [0.3, 0.4) is 0 Å². The van der Waals surface area contributed by atoms with Crippen LogP contribution < -0.4 is 5.32 Å². The van der Waals surface area contributed by atoms with E-state index in [-0.39, 0.29) is 5.82 Å². The van der Waals surface area contributed by atoms with Crippen LogP contribution in [0.5, 0.6) is 0 Å². The van der Waals surface area contributed by atoms with E-state index in [9.17, 15) is 4.39 Å². The quantitative estimate of drug-likeness (QED) is 0.848. The van der Waals surface area contributed by atoms with E-state index in [2.05, 4.69) is 12.2 Å². The number of hydrogen-bond donors (Lipinski definition) is 1. The zero-order chi connectivity index (χ0) is 13.7. The van der Waals surface area contributed by atoms with E-state index in [1.54, 1.807) is 12.1 Å². The molecule has 1 heterocycles. The van der Waals surface area contributed by atoms with Gasteiger partial charge in [-0.2, -0.15) is 0 Å². The SMILES string of the molecule is CCCNC(CC1CCOC1)c1ccc(F)cc1C. The first kappa shape index (κ1) is 14.5. The topological polar surface area (TPSA) is 21.3 Å². The molecule has 1 N–H and O–H groups in total. The van der Waals surface area contributed by atoms with E-state index >= 15 is 0 Å². The monoisotopic (exact) mass is 265 g/mol. The molecule has 0 bridgehead atoms. The lowest BCUT2D eigenvalue weighted by molar-refractivity contribution is 0.181. The molecule has 3 heteroatoms. The second-order valence-electron chi connectivity index (χ2n) is 5.47. The molecule has 19 heavy (non-hydrogen) atoms. The highest BCUT2D eigenvalue weighted by molar-refractivity contribution is 5.29. The van der Waals surface area contributed by atoms with Gasteiger partial charge < -0.3 is 10.1 Å². The van der Waals surface area contributed by atoms with Gasteiger partial charge >= 0.3 is 0 Å². The highest BCUT2D eigenvalue weighted by atomic mass is 19.1. The Labute approximate surface area is 115 Å². The van der Waals surface area contributed by atoms with Crippen LogP contribution in [0.4, 0.5) is 4.39 Å². The molecule has 2 atom stereocenters. The van der Waals surface area contributed by atoms with Gasteiger partial charge in [0.25, 0.3) is 0 Å². The second-order valence-corrected chi connectivity index (χ2v) is 5.47. The predicted molar refractivity (Wildman–Crippen MR) is 75.7 cm³/mol. The molecule has 0 amide bonds. The van der Waals surface area contributed by atoms with Gasteiger partial charge in [0.05, 0.1) is 0 Å². The van der Waals surface area contributed by atoms with Crippen LogP contribution in [0.15, 0.2) is 18.2 Å². The minimum absolute atomic E-state index is 0.153. The minimum atomic E-state index is -0.153. The van der Waals surface area contributed by atoms with Crippen molar-refractivity contribution in [3.8, 4) is 0 Å². The Kier molecular flexibility index (Phi) is 5.34. The molecule has 1 aliphatic rings. The molecule has 0 saturated carbocycles. The van der Waals surface area contributed by atoms with Crippen LogP contribution in [-0.4, -0.2) is 19.8 Å². The number of aryl methyl sites for hydroxylation is 1. The van der Waals surface area contributed by atoms with Gasteiger partial charge in [-0.1, -0.05) is 13.0 Å². The summed E-state index contributed by atoms with van der Waals surface area (Å²) in [5.74, 6) is 0.471. The molecule has 2 unspecified atom stereocenters. The van der Waals surface area contributed by atoms with E-state index in [1.807, 2.05) is 13.0 Å². The molecule has 1 aromatic carbocycles. The van der Waals surface area contributed by atoms with Crippen LogP contribution in [-0.2, 0) is 4.74 Å². The van der Waals surface area contributed by atoms with Gasteiger partial charge in [0.2, 0.25) is 0 Å². The summed E-state index contributed by atoms with van der Waals surface area (Å²) in [6.45, 7) is 6.90. The predicted octanol–water partition coefficient (Wildman–Crippen LogP) is 3.60. The Morgan fingerprint density at radius 3 is 2.95 bits per heavy atom. The molecule has 106 valence electrons. The number of rotatable bonds is 6. The molecule has 2 rings (SSSR count). The fourth-order valence-electron chi connectivity index (χ4n) is 2.77. The maximum absolute atomic E-state index is 13.2. The van der Waals surface area contributed by atoms with Gasteiger partial charge in [-0.15, -0.1) is 0 Å². The van der Waals surface area contributed by atoms with Crippen LogP contribution >= 0.6 is 0 Å². The van der Waals surface area contributed by atoms with Crippen molar-refractivity contribution < 1.29 is 9.13 Å². The maximum Gasteiger partial charge on any atom is 0.123 e. The standard InChI is InChI=1S/C16H24FNO/c1-3-7-18-16(10-13-6-8-19-11-13)15-5-4-14(17)9-12(15)2/h4-5,9,13,16,18H,3,6-8,10-11H2,1-2H3. The summed E-state index contributed by atoms with van der Waals surface area (Å²) in [5, 5.41) is 3.59. The minimum Gasteiger partial charge on any atom is -0.381 e. The first-order valence-corrected chi connectivity index (χ1v) is 7.28. The van der Waals surface area contributed by atoms with Gasteiger partial charge in [0.1, 0.15) is 5.82 Å². The lowest BCUT2D eigenvalue weighted by Crippen LogP contribution is -2.25. The van der Waals surface area contributed by atoms with Crippen molar-refractivity contribution in [2.45, 2.75) is 39.2 Å². The van der Waals surface area contributed by atoms with Crippen molar-refractivity contribution in [1.82, 2.24) is 5.32 Å². The van der Waals surface area contributed by atoms with Gasteiger partial charge in [-0.25, -0.2) is 4.39 Å².